The average Bonchev–Trinajstić information content (AvgIpc) is 3.18. The van der Waals surface area contributed by atoms with Crippen molar-refractivity contribution in [1.29, 1.82) is 0 Å². The highest BCUT2D eigenvalue weighted by Gasteiger charge is 2.34. The lowest BCUT2D eigenvalue weighted by atomic mass is 10.0. The molecule has 0 unspecified atom stereocenters. The molecule has 5 rings (SSSR count). The van der Waals surface area contributed by atoms with Crippen LogP contribution in [0.15, 0.2) is 6.07 Å². The highest BCUT2D eigenvalue weighted by molar-refractivity contribution is 5.75. The fraction of sp³-hybridized carbons (Fsp3) is 0.571. The zero-order chi connectivity index (χ0) is 21.5. The van der Waals surface area contributed by atoms with Gasteiger partial charge in [-0.2, -0.15) is 5.10 Å². The van der Waals surface area contributed by atoms with E-state index in [1.165, 1.54) is 6.07 Å². The van der Waals surface area contributed by atoms with Crippen LogP contribution in [0.2, 0.25) is 0 Å². The van der Waals surface area contributed by atoms with Gasteiger partial charge in [-0.05, 0) is 19.8 Å². The number of hydrogen-bond donors (Lipinski definition) is 1. The quantitative estimate of drug-likeness (QED) is 0.787. The number of aromatic nitrogens is 3. The minimum Gasteiger partial charge on any atom is -0.474 e. The first kappa shape index (κ1) is 20.0. The van der Waals surface area contributed by atoms with Gasteiger partial charge in [0.1, 0.15) is 18.1 Å². The molecule has 0 atom stereocenters. The summed E-state index contributed by atoms with van der Waals surface area (Å²) >= 11 is 0. The number of hydrogen-bond acceptors (Lipinski definition) is 6. The molecule has 2 amide bonds. The molecule has 0 saturated carbocycles. The number of nitrogens with one attached hydrogen (secondary N) is 1. The van der Waals surface area contributed by atoms with Crippen LogP contribution in [-0.2, 0) is 17.7 Å². The van der Waals surface area contributed by atoms with Crippen molar-refractivity contribution in [3.8, 4) is 5.88 Å². The monoisotopic (exact) mass is 430 g/mol. The van der Waals surface area contributed by atoms with Crippen LogP contribution in [0.3, 0.4) is 0 Å². The predicted octanol–water partition coefficient (Wildman–Crippen LogP) is 2.31. The van der Waals surface area contributed by atoms with Gasteiger partial charge in [0.15, 0.2) is 5.82 Å². The molecule has 0 spiro atoms. The smallest absolute Gasteiger partial charge is 0.317 e. The number of halogens is 1. The Morgan fingerprint density at radius 3 is 2.84 bits per heavy atom. The molecule has 0 radical (unpaired) electrons. The topological polar surface area (TPSA) is 84.8 Å². The second-order valence-corrected chi connectivity index (χ2v) is 8.14. The van der Waals surface area contributed by atoms with E-state index in [-0.39, 0.29) is 17.9 Å². The summed E-state index contributed by atoms with van der Waals surface area (Å²) in [6.45, 7) is 5.12. The van der Waals surface area contributed by atoms with Crippen molar-refractivity contribution in [2.45, 2.75) is 38.8 Å². The lowest BCUT2D eigenvalue weighted by molar-refractivity contribution is 0.0651. The Hall–Kier alpha value is -2.88. The number of amides is 2. The van der Waals surface area contributed by atoms with Gasteiger partial charge in [0.05, 0.1) is 24.8 Å². The number of aryl methyl sites for hydroxylation is 1. The maximum atomic E-state index is 14.4. The third-order valence-corrected chi connectivity index (χ3v) is 6.30. The lowest BCUT2D eigenvalue weighted by Gasteiger charge is -2.32. The van der Waals surface area contributed by atoms with E-state index < -0.39 is 0 Å². The van der Waals surface area contributed by atoms with E-state index in [2.05, 4.69) is 15.0 Å². The number of ether oxygens (including phenoxy) is 2. The summed E-state index contributed by atoms with van der Waals surface area (Å²) < 4.78 is 27.8. The Labute approximate surface area is 180 Å². The summed E-state index contributed by atoms with van der Waals surface area (Å²) in [6.07, 6.45) is 2.54. The third kappa shape index (κ3) is 3.48. The molecule has 0 bridgehead atoms. The SMILES string of the molecule is CNC(=O)N1CCc2c(c(N3CCOc4nc(C)c(F)cc43)nn2C2CCOCC2)C1. The maximum Gasteiger partial charge on any atom is 0.317 e. The molecule has 1 saturated heterocycles. The van der Waals surface area contributed by atoms with Crippen molar-refractivity contribution in [2.24, 2.45) is 0 Å². The van der Waals surface area contributed by atoms with Gasteiger partial charge in [-0.3, -0.25) is 4.68 Å². The van der Waals surface area contributed by atoms with E-state index in [0.717, 1.165) is 36.3 Å². The number of urea groups is 1. The molecular formula is C21H27FN6O3. The standard InChI is InChI=1S/C21H27FN6O3/c1-13-16(22)11-18-20(24-13)31-10-7-27(18)19-15-12-26(21(29)23-2)6-3-17(15)28(25-19)14-4-8-30-9-5-14/h11,14H,3-10,12H2,1-2H3,(H,23,29). The van der Waals surface area contributed by atoms with E-state index in [1.807, 2.05) is 4.90 Å². The molecule has 1 N–H and O–H groups in total. The first-order chi connectivity index (χ1) is 15.1. The number of pyridine rings is 1. The number of carbonyl (C=O) groups is 1. The highest BCUT2D eigenvalue weighted by Crippen LogP contribution is 2.40. The van der Waals surface area contributed by atoms with Crippen molar-refractivity contribution in [3.05, 3.63) is 28.8 Å². The zero-order valence-electron chi connectivity index (χ0n) is 17.9. The summed E-state index contributed by atoms with van der Waals surface area (Å²) in [5, 5.41) is 7.75. The summed E-state index contributed by atoms with van der Waals surface area (Å²) in [6, 6.07) is 1.62. The molecule has 3 aliphatic rings. The average molecular weight is 430 g/mol. The van der Waals surface area contributed by atoms with Crippen LogP contribution in [0.25, 0.3) is 0 Å². The summed E-state index contributed by atoms with van der Waals surface area (Å²) in [7, 11) is 1.64. The first-order valence-electron chi connectivity index (χ1n) is 10.8. The molecule has 3 aliphatic heterocycles. The molecule has 166 valence electrons. The maximum absolute atomic E-state index is 14.4. The Bertz CT molecular complexity index is 1000. The van der Waals surface area contributed by atoms with Gasteiger partial charge in [0.25, 0.3) is 0 Å². The van der Waals surface area contributed by atoms with Crippen LogP contribution in [0.1, 0.15) is 35.8 Å². The predicted molar refractivity (Wildman–Crippen MR) is 111 cm³/mol. The van der Waals surface area contributed by atoms with Crippen molar-refractivity contribution in [1.82, 2.24) is 25.0 Å². The largest absolute Gasteiger partial charge is 0.474 e. The normalized spacial score (nSPS) is 18.9. The van der Waals surface area contributed by atoms with Gasteiger partial charge in [-0.25, -0.2) is 14.2 Å². The molecule has 2 aromatic heterocycles. The second kappa shape index (κ2) is 7.99. The fourth-order valence-electron chi connectivity index (χ4n) is 4.63. The number of rotatable bonds is 2. The number of nitrogens with zero attached hydrogens (tertiary/aromatic N) is 5. The number of fused-ring (bicyclic) bond motifs is 2. The van der Waals surface area contributed by atoms with Crippen LogP contribution in [-0.4, -0.2) is 65.7 Å². The summed E-state index contributed by atoms with van der Waals surface area (Å²) in [5.41, 5.74) is 3.04. The third-order valence-electron chi connectivity index (χ3n) is 6.30. The van der Waals surface area contributed by atoms with Crippen LogP contribution in [0.4, 0.5) is 20.7 Å². The van der Waals surface area contributed by atoms with Gasteiger partial charge in [0, 0.05) is 50.6 Å². The van der Waals surface area contributed by atoms with Gasteiger partial charge in [-0.1, -0.05) is 0 Å². The van der Waals surface area contributed by atoms with Crippen LogP contribution in [0.5, 0.6) is 5.88 Å². The Balaban J connectivity index is 1.60. The lowest BCUT2D eigenvalue weighted by Crippen LogP contribution is -2.42. The molecule has 1 fully saturated rings. The summed E-state index contributed by atoms with van der Waals surface area (Å²) in [4.78, 5) is 20.4. The first-order valence-corrected chi connectivity index (χ1v) is 10.8. The Kier molecular flexibility index (Phi) is 5.17. The van der Waals surface area contributed by atoms with Crippen molar-refractivity contribution >= 4 is 17.5 Å². The van der Waals surface area contributed by atoms with E-state index in [9.17, 15) is 9.18 Å². The number of carbonyl (C=O) groups excluding carboxylic acids is 1. The van der Waals surface area contributed by atoms with E-state index in [1.54, 1.807) is 18.9 Å². The molecular weight excluding hydrogens is 403 g/mol. The molecule has 2 aromatic rings. The Morgan fingerprint density at radius 2 is 2.06 bits per heavy atom. The molecule has 10 heteroatoms. The van der Waals surface area contributed by atoms with Gasteiger partial charge >= 0.3 is 6.03 Å². The van der Waals surface area contributed by atoms with Crippen LogP contribution in [0, 0.1) is 12.7 Å². The second-order valence-electron chi connectivity index (χ2n) is 8.14. The minimum absolute atomic E-state index is 0.110. The van der Waals surface area contributed by atoms with E-state index in [4.69, 9.17) is 14.6 Å². The molecule has 5 heterocycles. The number of anilines is 2. The zero-order valence-corrected chi connectivity index (χ0v) is 17.9. The van der Waals surface area contributed by atoms with Crippen molar-refractivity contribution in [3.63, 3.8) is 0 Å². The molecule has 31 heavy (non-hydrogen) atoms. The molecule has 0 aliphatic carbocycles. The van der Waals surface area contributed by atoms with E-state index >= 15 is 0 Å². The van der Waals surface area contributed by atoms with Crippen molar-refractivity contribution in [2.75, 3.05) is 44.9 Å². The highest BCUT2D eigenvalue weighted by atomic mass is 19.1. The van der Waals surface area contributed by atoms with Gasteiger partial charge < -0.3 is 24.6 Å². The van der Waals surface area contributed by atoms with Crippen molar-refractivity contribution < 1.29 is 18.7 Å². The van der Waals surface area contributed by atoms with Gasteiger partial charge in [0.2, 0.25) is 5.88 Å². The fourth-order valence-corrected chi connectivity index (χ4v) is 4.63. The summed E-state index contributed by atoms with van der Waals surface area (Å²) in [5.74, 6) is 0.794. The van der Waals surface area contributed by atoms with Gasteiger partial charge in [-0.15, -0.1) is 0 Å². The molecule has 9 nitrogen and oxygen atoms in total. The Morgan fingerprint density at radius 1 is 1.26 bits per heavy atom. The van der Waals surface area contributed by atoms with E-state index in [0.29, 0.717) is 56.7 Å². The van der Waals surface area contributed by atoms with Crippen LogP contribution >= 0.6 is 0 Å². The van der Waals surface area contributed by atoms with Crippen LogP contribution < -0.4 is 15.0 Å². The molecule has 0 aromatic carbocycles. The minimum atomic E-state index is -0.376.